The molecule has 10 heteroatoms. The first kappa shape index (κ1) is 22.8. The Labute approximate surface area is 172 Å². The highest BCUT2D eigenvalue weighted by atomic mass is 127. The minimum Gasteiger partial charge on any atom is -0.506 e. The van der Waals surface area contributed by atoms with Gasteiger partial charge in [0, 0.05) is 46.3 Å². The zero-order chi connectivity index (χ0) is 18.3. The summed E-state index contributed by atoms with van der Waals surface area (Å²) < 4.78 is 25.3. The number of phenols is 1. The third-order valence-corrected chi connectivity index (χ3v) is 5.53. The lowest BCUT2D eigenvalue weighted by molar-refractivity contribution is 0.370. The number of aromatic hydroxyl groups is 1. The van der Waals surface area contributed by atoms with E-state index in [1.54, 1.807) is 20.0 Å². The third kappa shape index (κ3) is 6.47. The molecule has 2 rings (SSSR count). The molecule has 1 aromatic rings. The fraction of sp³-hybridized carbons (Fsp3) is 0.562. The van der Waals surface area contributed by atoms with Crippen LogP contribution in [-0.2, 0) is 10.0 Å². The van der Waals surface area contributed by atoms with E-state index in [0.29, 0.717) is 18.8 Å². The minimum absolute atomic E-state index is 0. The fourth-order valence-electron chi connectivity index (χ4n) is 2.71. The van der Waals surface area contributed by atoms with E-state index in [1.807, 2.05) is 18.2 Å². The van der Waals surface area contributed by atoms with Gasteiger partial charge in [0.2, 0.25) is 10.0 Å². The van der Waals surface area contributed by atoms with Crippen molar-refractivity contribution in [1.82, 2.24) is 14.9 Å². The average molecular weight is 497 g/mol. The van der Waals surface area contributed by atoms with Crippen LogP contribution in [0.2, 0.25) is 0 Å². The normalized spacial score (nSPS) is 15.5. The number of guanidine groups is 1. The highest BCUT2D eigenvalue weighted by molar-refractivity contribution is 14.0. The van der Waals surface area contributed by atoms with Crippen LogP contribution < -0.4 is 14.9 Å². The maximum absolute atomic E-state index is 11.4. The highest BCUT2D eigenvalue weighted by Gasteiger charge is 2.21. The number of rotatable bonds is 6. The van der Waals surface area contributed by atoms with Gasteiger partial charge in [-0.1, -0.05) is 12.1 Å². The summed E-state index contributed by atoms with van der Waals surface area (Å²) in [5, 5.41) is 13.1. The first-order valence-electron chi connectivity index (χ1n) is 8.42. The third-order valence-electron chi connectivity index (χ3n) is 4.12. The number of anilines is 1. The molecule has 1 saturated heterocycles. The van der Waals surface area contributed by atoms with E-state index in [4.69, 9.17) is 0 Å². The largest absolute Gasteiger partial charge is 0.506 e. The predicted octanol–water partition coefficient (Wildman–Crippen LogP) is 0.647. The second-order valence-corrected chi connectivity index (χ2v) is 7.83. The highest BCUT2D eigenvalue weighted by Crippen LogP contribution is 2.27. The number of nitrogens with zero attached hydrogens (tertiary/aromatic N) is 3. The topological polar surface area (TPSA) is 97.3 Å². The Hall–Kier alpha value is -1.27. The summed E-state index contributed by atoms with van der Waals surface area (Å²) in [5.41, 5.74) is 0.846. The van der Waals surface area contributed by atoms with E-state index in [-0.39, 0.29) is 29.7 Å². The van der Waals surface area contributed by atoms with Crippen molar-refractivity contribution in [2.75, 3.05) is 57.0 Å². The van der Waals surface area contributed by atoms with Crippen LogP contribution in [0, 0.1) is 0 Å². The van der Waals surface area contributed by atoms with Crippen LogP contribution in [0.25, 0.3) is 0 Å². The first-order chi connectivity index (χ1) is 12.0. The van der Waals surface area contributed by atoms with Gasteiger partial charge in [0.05, 0.1) is 11.4 Å². The smallest absolute Gasteiger partial charge is 0.211 e. The molecule has 0 spiro atoms. The monoisotopic (exact) mass is 497 g/mol. The lowest BCUT2D eigenvalue weighted by atomic mass is 10.2. The molecule has 1 aliphatic rings. The van der Waals surface area contributed by atoms with Gasteiger partial charge in [0.1, 0.15) is 5.75 Å². The number of aliphatic imine (C=N–C) groups is 1. The Morgan fingerprint density at radius 3 is 2.42 bits per heavy atom. The summed E-state index contributed by atoms with van der Waals surface area (Å²) >= 11 is 0. The number of para-hydroxylation sites is 2. The second kappa shape index (κ2) is 10.8. The van der Waals surface area contributed by atoms with Crippen LogP contribution in [0.3, 0.4) is 0 Å². The SMILES string of the molecule is CCS(=O)(=O)NCCNC(=NC)N1CCN(c2ccccc2O)CC1.I. The van der Waals surface area contributed by atoms with Crippen molar-refractivity contribution in [3.8, 4) is 5.75 Å². The zero-order valence-corrected chi connectivity index (χ0v) is 18.3. The van der Waals surface area contributed by atoms with Crippen LogP contribution in [0.4, 0.5) is 5.69 Å². The summed E-state index contributed by atoms with van der Waals surface area (Å²) in [6.45, 7) is 5.52. The van der Waals surface area contributed by atoms with Crippen LogP contribution >= 0.6 is 24.0 Å². The molecule has 1 fully saturated rings. The van der Waals surface area contributed by atoms with Crippen LogP contribution in [0.1, 0.15) is 6.92 Å². The Morgan fingerprint density at radius 1 is 1.19 bits per heavy atom. The fourth-order valence-corrected chi connectivity index (χ4v) is 3.32. The van der Waals surface area contributed by atoms with Gasteiger partial charge >= 0.3 is 0 Å². The van der Waals surface area contributed by atoms with Gasteiger partial charge in [-0.3, -0.25) is 4.99 Å². The Bertz CT molecular complexity index is 691. The van der Waals surface area contributed by atoms with Crippen molar-refractivity contribution in [2.24, 2.45) is 4.99 Å². The number of sulfonamides is 1. The van der Waals surface area contributed by atoms with Gasteiger partial charge in [0.15, 0.2) is 5.96 Å². The molecule has 0 amide bonds. The molecule has 0 radical (unpaired) electrons. The van der Waals surface area contributed by atoms with Gasteiger partial charge in [0.25, 0.3) is 0 Å². The van der Waals surface area contributed by atoms with Gasteiger partial charge in [-0.15, -0.1) is 24.0 Å². The molecule has 0 atom stereocenters. The van der Waals surface area contributed by atoms with E-state index in [1.165, 1.54) is 0 Å². The number of nitrogens with one attached hydrogen (secondary N) is 2. The van der Waals surface area contributed by atoms with Crippen molar-refractivity contribution in [3.05, 3.63) is 24.3 Å². The van der Waals surface area contributed by atoms with Crippen molar-refractivity contribution >= 4 is 45.6 Å². The summed E-state index contributed by atoms with van der Waals surface area (Å²) in [7, 11) is -1.45. The molecular formula is C16H28IN5O3S. The van der Waals surface area contributed by atoms with E-state index >= 15 is 0 Å². The van der Waals surface area contributed by atoms with Crippen molar-refractivity contribution in [2.45, 2.75) is 6.92 Å². The standard InChI is InChI=1S/C16H27N5O3S.HI/c1-3-25(23,24)19-9-8-18-16(17-2)21-12-10-20(11-13-21)14-6-4-5-7-15(14)22;/h4-7,19,22H,3,8-13H2,1-2H3,(H,17,18);1H. The van der Waals surface area contributed by atoms with Gasteiger partial charge in [-0.05, 0) is 19.1 Å². The van der Waals surface area contributed by atoms with Gasteiger partial charge in [-0.25, -0.2) is 13.1 Å². The molecule has 8 nitrogen and oxygen atoms in total. The molecular weight excluding hydrogens is 469 g/mol. The van der Waals surface area contributed by atoms with Crippen LogP contribution in [0.5, 0.6) is 5.75 Å². The van der Waals surface area contributed by atoms with Crippen LogP contribution in [-0.4, -0.2) is 76.5 Å². The molecule has 148 valence electrons. The second-order valence-electron chi connectivity index (χ2n) is 5.73. The van der Waals surface area contributed by atoms with Gasteiger partial charge in [-0.2, -0.15) is 0 Å². The Morgan fingerprint density at radius 2 is 1.85 bits per heavy atom. The molecule has 1 aliphatic heterocycles. The maximum Gasteiger partial charge on any atom is 0.211 e. The molecule has 1 aromatic carbocycles. The average Bonchev–Trinajstić information content (AvgIpc) is 2.62. The van der Waals surface area contributed by atoms with Crippen molar-refractivity contribution < 1.29 is 13.5 Å². The number of piperazine rings is 1. The number of phenolic OH excluding ortho intramolecular Hbond substituents is 1. The number of benzene rings is 1. The molecule has 0 aromatic heterocycles. The Kier molecular flexibility index (Phi) is 9.44. The molecule has 1 heterocycles. The molecule has 3 N–H and O–H groups in total. The molecule has 26 heavy (non-hydrogen) atoms. The number of halogens is 1. The summed E-state index contributed by atoms with van der Waals surface area (Å²) in [6.07, 6.45) is 0. The van der Waals surface area contributed by atoms with Crippen LogP contribution in [0.15, 0.2) is 29.3 Å². The first-order valence-corrected chi connectivity index (χ1v) is 10.1. The number of hydrogen-bond acceptors (Lipinski definition) is 5. The predicted molar refractivity (Wildman–Crippen MR) is 116 cm³/mol. The lowest BCUT2D eigenvalue weighted by Crippen LogP contribution is -2.53. The summed E-state index contributed by atoms with van der Waals surface area (Å²) in [6, 6.07) is 7.34. The Balaban J connectivity index is 0.00000338. The van der Waals surface area contributed by atoms with Gasteiger partial charge < -0.3 is 20.2 Å². The minimum atomic E-state index is -3.16. The number of hydrogen-bond donors (Lipinski definition) is 3. The van der Waals surface area contributed by atoms with E-state index < -0.39 is 10.0 Å². The van der Waals surface area contributed by atoms with E-state index in [9.17, 15) is 13.5 Å². The summed E-state index contributed by atoms with van der Waals surface area (Å²) in [4.78, 5) is 8.54. The molecule has 0 bridgehead atoms. The quantitative estimate of drug-likeness (QED) is 0.231. The molecule has 0 saturated carbocycles. The molecule has 0 unspecified atom stereocenters. The van der Waals surface area contributed by atoms with Crippen molar-refractivity contribution in [3.63, 3.8) is 0 Å². The summed E-state index contributed by atoms with van der Waals surface area (Å²) in [5.74, 6) is 1.13. The maximum atomic E-state index is 11.4. The van der Waals surface area contributed by atoms with E-state index in [2.05, 4.69) is 24.8 Å². The van der Waals surface area contributed by atoms with Crippen molar-refractivity contribution in [1.29, 1.82) is 0 Å². The lowest BCUT2D eigenvalue weighted by Gasteiger charge is -2.37. The molecule has 0 aliphatic carbocycles. The van der Waals surface area contributed by atoms with E-state index in [0.717, 1.165) is 37.8 Å². The zero-order valence-electron chi connectivity index (χ0n) is 15.2.